The number of hydrogen-bond donors (Lipinski definition) is 3. The molecule has 0 saturated carbocycles. The monoisotopic (exact) mass is 442 g/mol. The van der Waals surface area contributed by atoms with E-state index in [4.69, 9.17) is 4.78 Å². The van der Waals surface area contributed by atoms with Crippen LogP contribution in [-0.4, -0.2) is 20.7 Å². The van der Waals surface area contributed by atoms with Crippen molar-refractivity contribution < 1.29 is 17.8 Å². The summed E-state index contributed by atoms with van der Waals surface area (Å²) < 4.78 is 52.6. The summed E-state index contributed by atoms with van der Waals surface area (Å²) in [6, 6.07) is 12.3. The maximum atomic E-state index is 13.5. The van der Waals surface area contributed by atoms with E-state index in [0.717, 1.165) is 17.7 Å². The van der Waals surface area contributed by atoms with Gasteiger partial charge < -0.3 is 9.88 Å². The smallest absolute Gasteiger partial charge is 0.272 e. The molecule has 0 aliphatic carbocycles. The molecule has 9 heteroatoms. The van der Waals surface area contributed by atoms with Crippen molar-refractivity contribution in [3.63, 3.8) is 0 Å². The third kappa shape index (κ3) is 4.28. The minimum Gasteiger partial charge on any atom is -0.345 e. The van der Waals surface area contributed by atoms with Gasteiger partial charge in [-0.3, -0.25) is 4.79 Å². The van der Waals surface area contributed by atoms with E-state index in [2.05, 4.69) is 10.0 Å². The Morgan fingerprint density at radius 1 is 1.19 bits per heavy atom. The topological polar surface area (TPSA) is 87.0 Å². The molecule has 0 radical (unpaired) electrons. The van der Waals surface area contributed by atoms with Crippen molar-refractivity contribution in [3.05, 3.63) is 89.3 Å². The van der Waals surface area contributed by atoms with E-state index in [1.807, 2.05) is 30.3 Å². The molecule has 2 aromatic carbocycles. The SMILES string of the molecule is Cn1cc2c(c1C(=O)Nc1ccc(F)c(F)c1)C=C[C@@H](Cc1ccccc1)NS2(=N)=O. The average molecular weight is 442 g/mol. The molecular formula is C22H20F2N4O2S. The van der Waals surface area contributed by atoms with E-state index >= 15 is 0 Å². The molecule has 1 aliphatic rings. The highest BCUT2D eigenvalue weighted by molar-refractivity contribution is 7.90. The molecule has 1 aliphatic heterocycles. The normalized spacial score (nSPS) is 20.2. The van der Waals surface area contributed by atoms with Gasteiger partial charge in [-0.1, -0.05) is 42.5 Å². The lowest BCUT2D eigenvalue weighted by Crippen LogP contribution is -2.33. The number of rotatable bonds is 4. The number of aromatic nitrogens is 1. The highest BCUT2D eigenvalue weighted by Gasteiger charge is 2.28. The molecule has 1 amide bonds. The molecular weight excluding hydrogens is 422 g/mol. The van der Waals surface area contributed by atoms with Gasteiger partial charge in [0.15, 0.2) is 11.6 Å². The summed E-state index contributed by atoms with van der Waals surface area (Å²) in [5.74, 6) is -2.68. The van der Waals surface area contributed by atoms with Crippen molar-refractivity contribution in [2.24, 2.45) is 7.05 Å². The first kappa shape index (κ1) is 21.0. The largest absolute Gasteiger partial charge is 0.345 e. The van der Waals surface area contributed by atoms with Crippen LogP contribution in [0, 0.1) is 16.4 Å². The summed E-state index contributed by atoms with van der Waals surface area (Å²) >= 11 is 0. The predicted molar refractivity (Wildman–Crippen MR) is 115 cm³/mol. The zero-order valence-electron chi connectivity index (χ0n) is 16.6. The van der Waals surface area contributed by atoms with Gasteiger partial charge in [-0.25, -0.2) is 22.5 Å². The Balaban J connectivity index is 1.67. The summed E-state index contributed by atoms with van der Waals surface area (Å²) in [4.78, 5) is 13.1. The second kappa shape index (κ2) is 8.09. The van der Waals surface area contributed by atoms with Gasteiger partial charge in [-0.05, 0) is 24.1 Å². The molecule has 31 heavy (non-hydrogen) atoms. The van der Waals surface area contributed by atoms with Gasteiger partial charge in [0.1, 0.15) is 15.6 Å². The first-order valence-corrected chi connectivity index (χ1v) is 11.0. The average Bonchev–Trinajstić information content (AvgIpc) is 3.01. The quantitative estimate of drug-likeness (QED) is 0.568. The first-order chi connectivity index (χ1) is 14.7. The number of anilines is 1. The second-order valence-electron chi connectivity index (χ2n) is 7.28. The van der Waals surface area contributed by atoms with Crippen LogP contribution < -0.4 is 10.0 Å². The minimum absolute atomic E-state index is 0.0862. The van der Waals surface area contributed by atoms with Gasteiger partial charge in [0.05, 0.1) is 4.90 Å². The number of amides is 1. The van der Waals surface area contributed by atoms with Crippen LogP contribution in [0.4, 0.5) is 14.5 Å². The van der Waals surface area contributed by atoms with E-state index in [0.29, 0.717) is 12.0 Å². The molecule has 2 heterocycles. The van der Waals surface area contributed by atoms with Gasteiger partial charge in [0.2, 0.25) is 0 Å². The number of benzene rings is 2. The standard InChI is InChI=1S/C22H20F2N4O2S/c1-28-13-20-17(21(28)22(29)26-15-8-10-18(23)19(24)12-15)9-7-16(27-31(20,25)30)11-14-5-3-2-4-6-14/h2-10,12-13,16H,11H2,1H3,(H,26,29)(H2,25,27,30)/t16-,31?/m0/s1. The van der Waals surface area contributed by atoms with Crippen molar-refractivity contribution in [1.82, 2.24) is 9.29 Å². The summed E-state index contributed by atoms with van der Waals surface area (Å²) in [7, 11) is -1.79. The summed E-state index contributed by atoms with van der Waals surface area (Å²) in [6.07, 6.45) is 5.46. The Bertz CT molecular complexity index is 1280. The third-order valence-corrected chi connectivity index (χ3v) is 6.58. The van der Waals surface area contributed by atoms with Gasteiger partial charge in [-0.2, -0.15) is 0 Å². The van der Waals surface area contributed by atoms with Crippen molar-refractivity contribution in [2.75, 3.05) is 5.32 Å². The molecule has 0 fully saturated rings. The zero-order chi connectivity index (χ0) is 22.2. The third-order valence-electron chi connectivity index (χ3n) is 5.00. The van der Waals surface area contributed by atoms with Crippen LogP contribution in [0.2, 0.25) is 0 Å². The number of aryl methyl sites for hydroxylation is 1. The summed E-state index contributed by atoms with van der Waals surface area (Å²) in [5, 5.41) is 2.53. The predicted octanol–water partition coefficient (Wildman–Crippen LogP) is 4.10. The number of nitrogens with zero attached hydrogens (tertiary/aromatic N) is 1. The van der Waals surface area contributed by atoms with Crippen molar-refractivity contribution in [2.45, 2.75) is 17.4 Å². The Morgan fingerprint density at radius 3 is 2.65 bits per heavy atom. The van der Waals surface area contributed by atoms with Crippen LogP contribution in [-0.2, 0) is 23.4 Å². The number of carbonyl (C=O) groups excluding carboxylic acids is 1. The van der Waals surface area contributed by atoms with Crippen LogP contribution in [0.5, 0.6) is 0 Å². The first-order valence-electron chi connectivity index (χ1n) is 9.48. The fourth-order valence-electron chi connectivity index (χ4n) is 3.56. The van der Waals surface area contributed by atoms with Crippen LogP contribution in [0.25, 0.3) is 6.08 Å². The number of carbonyl (C=O) groups is 1. The molecule has 1 aromatic heterocycles. The number of fused-ring (bicyclic) bond motifs is 1. The van der Waals surface area contributed by atoms with Crippen LogP contribution in [0.3, 0.4) is 0 Å². The lowest BCUT2D eigenvalue weighted by atomic mass is 10.1. The molecule has 3 N–H and O–H groups in total. The highest BCUT2D eigenvalue weighted by atomic mass is 32.2. The van der Waals surface area contributed by atoms with Crippen molar-refractivity contribution in [1.29, 1.82) is 4.78 Å². The Labute approximate surface area is 178 Å². The molecule has 0 spiro atoms. The summed E-state index contributed by atoms with van der Waals surface area (Å²) in [6.45, 7) is 0. The van der Waals surface area contributed by atoms with Gasteiger partial charge >= 0.3 is 0 Å². The molecule has 0 saturated heterocycles. The number of nitrogens with one attached hydrogen (secondary N) is 3. The zero-order valence-corrected chi connectivity index (χ0v) is 17.4. The van der Waals surface area contributed by atoms with Gasteiger partial charge in [-0.15, -0.1) is 0 Å². The maximum Gasteiger partial charge on any atom is 0.272 e. The fraction of sp³-hybridized carbons (Fsp3) is 0.136. The van der Waals surface area contributed by atoms with Crippen LogP contribution in [0.15, 0.2) is 65.7 Å². The van der Waals surface area contributed by atoms with E-state index in [1.165, 1.54) is 16.8 Å². The molecule has 3 aromatic rings. The number of hydrogen-bond acceptors (Lipinski definition) is 3. The van der Waals surface area contributed by atoms with E-state index in [9.17, 15) is 17.8 Å². The Hall–Kier alpha value is -3.30. The molecule has 0 bridgehead atoms. The maximum absolute atomic E-state index is 13.5. The van der Waals surface area contributed by atoms with E-state index in [1.54, 1.807) is 19.2 Å². The molecule has 2 atom stereocenters. The van der Waals surface area contributed by atoms with E-state index in [-0.39, 0.29) is 22.3 Å². The second-order valence-corrected chi connectivity index (χ2v) is 9.07. The lowest BCUT2D eigenvalue weighted by Gasteiger charge is -2.15. The molecule has 6 nitrogen and oxygen atoms in total. The van der Waals surface area contributed by atoms with Crippen molar-refractivity contribution in [3.8, 4) is 0 Å². The van der Waals surface area contributed by atoms with Gasteiger partial charge in [0.25, 0.3) is 5.91 Å². The fourth-order valence-corrected chi connectivity index (χ4v) is 5.06. The highest BCUT2D eigenvalue weighted by Crippen LogP contribution is 2.28. The molecule has 1 unspecified atom stereocenters. The van der Waals surface area contributed by atoms with Crippen LogP contribution >= 0.6 is 0 Å². The Morgan fingerprint density at radius 2 is 1.94 bits per heavy atom. The lowest BCUT2D eigenvalue weighted by molar-refractivity contribution is 0.101. The van der Waals surface area contributed by atoms with Gasteiger partial charge in [0, 0.05) is 36.6 Å². The minimum atomic E-state index is -3.39. The summed E-state index contributed by atoms with van der Waals surface area (Å²) in [5.41, 5.74) is 1.62. The Kier molecular flexibility index (Phi) is 5.47. The van der Waals surface area contributed by atoms with Crippen LogP contribution in [0.1, 0.15) is 21.6 Å². The molecule has 4 rings (SSSR count). The van der Waals surface area contributed by atoms with Crippen molar-refractivity contribution >= 4 is 27.6 Å². The number of halogens is 2. The molecule has 160 valence electrons. The van der Waals surface area contributed by atoms with E-state index < -0.39 is 27.5 Å².